The number of allylic oxidation sites excluding steroid dienone is 1. The van der Waals surface area contributed by atoms with Crippen LogP contribution in [0.4, 0.5) is 0 Å². The van der Waals surface area contributed by atoms with E-state index in [4.69, 9.17) is 27.9 Å². The molecule has 30 heavy (non-hydrogen) atoms. The predicted molar refractivity (Wildman–Crippen MR) is 121 cm³/mol. The van der Waals surface area contributed by atoms with Crippen LogP contribution in [0.15, 0.2) is 56.8 Å². The molecule has 0 bridgehead atoms. The summed E-state index contributed by atoms with van der Waals surface area (Å²) in [6, 6.07) is 8.32. The molecule has 9 heteroatoms. The van der Waals surface area contributed by atoms with Gasteiger partial charge in [-0.25, -0.2) is 9.79 Å². The molecule has 0 saturated heterocycles. The zero-order valence-electron chi connectivity index (χ0n) is 16.0. The summed E-state index contributed by atoms with van der Waals surface area (Å²) in [6.07, 6.45) is 1.72. The van der Waals surface area contributed by atoms with Crippen LogP contribution in [0, 0.1) is 0 Å². The van der Waals surface area contributed by atoms with Crippen molar-refractivity contribution in [3.63, 3.8) is 0 Å². The number of halogens is 2. The lowest BCUT2D eigenvalue weighted by Gasteiger charge is -2.23. The fourth-order valence-electron chi connectivity index (χ4n) is 3.27. The summed E-state index contributed by atoms with van der Waals surface area (Å²) in [7, 11) is 0. The van der Waals surface area contributed by atoms with E-state index in [1.165, 1.54) is 22.7 Å². The van der Waals surface area contributed by atoms with E-state index in [1.807, 2.05) is 17.5 Å². The Bertz CT molecular complexity index is 1340. The van der Waals surface area contributed by atoms with E-state index in [9.17, 15) is 9.59 Å². The summed E-state index contributed by atoms with van der Waals surface area (Å²) in [5, 5.41) is 2.88. The molecule has 0 amide bonds. The number of benzene rings is 1. The lowest BCUT2D eigenvalue weighted by Crippen LogP contribution is -2.39. The molecule has 1 aliphatic rings. The number of nitrogens with zero attached hydrogens (tertiary/aromatic N) is 2. The third-order valence-corrected chi connectivity index (χ3v) is 7.05. The number of rotatable bonds is 4. The highest BCUT2D eigenvalue weighted by Gasteiger charge is 2.33. The van der Waals surface area contributed by atoms with Gasteiger partial charge in [0, 0.05) is 14.9 Å². The Morgan fingerprint density at radius 2 is 2.13 bits per heavy atom. The number of esters is 1. The quantitative estimate of drug-likeness (QED) is 0.528. The van der Waals surface area contributed by atoms with E-state index in [0.29, 0.717) is 36.2 Å². The van der Waals surface area contributed by atoms with Gasteiger partial charge in [0.15, 0.2) is 4.80 Å². The highest BCUT2D eigenvalue weighted by atomic mass is 35.5. The van der Waals surface area contributed by atoms with E-state index in [1.54, 1.807) is 42.7 Å². The average Bonchev–Trinajstić information content (AvgIpc) is 3.32. The minimum Gasteiger partial charge on any atom is -0.463 e. The van der Waals surface area contributed by atoms with Gasteiger partial charge in [0.05, 0.1) is 22.4 Å². The molecular weight excluding hydrogens is 463 g/mol. The SMILES string of the molecule is CCOC(=O)C1=C(C)N=c2s/c(=C\c3ccc(Cl)cc3Cl)c(=O)n2[C@H]1c1cccs1. The first kappa shape index (κ1) is 21.1. The molecule has 0 N–H and O–H groups in total. The van der Waals surface area contributed by atoms with Crippen LogP contribution in [-0.2, 0) is 9.53 Å². The minimum atomic E-state index is -0.580. The molecule has 1 atom stereocenters. The lowest BCUT2D eigenvalue weighted by molar-refractivity contribution is -0.139. The summed E-state index contributed by atoms with van der Waals surface area (Å²) in [4.78, 5) is 32.0. The Hall–Kier alpha value is -2.19. The standard InChI is InChI=1S/C21H16Cl2N2O3S2/c1-3-28-20(27)17-11(2)24-21-25(18(17)15-5-4-8-29-15)19(26)16(30-21)9-12-6-7-13(22)10-14(12)23/h4-10,18H,3H2,1-2H3/b16-9-/t18-/m0/s1. The van der Waals surface area contributed by atoms with E-state index >= 15 is 0 Å². The highest BCUT2D eigenvalue weighted by Crippen LogP contribution is 2.33. The Kier molecular flexibility index (Phi) is 5.97. The van der Waals surface area contributed by atoms with Gasteiger partial charge in [-0.2, -0.15) is 0 Å². The second-order valence-electron chi connectivity index (χ2n) is 6.48. The largest absolute Gasteiger partial charge is 0.463 e. The molecule has 0 radical (unpaired) electrons. The van der Waals surface area contributed by atoms with Crippen molar-refractivity contribution in [3.05, 3.63) is 87.2 Å². The Balaban J connectivity index is 1.95. The molecule has 0 aliphatic carbocycles. The maximum atomic E-state index is 13.4. The number of thiazole rings is 1. The van der Waals surface area contributed by atoms with Crippen molar-refractivity contribution in [1.82, 2.24) is 4.57 Å². The smallest absolute Gasteiger partial charge is 0.338 e. The first-order chi connectivity index (χ1) is 14.4. The van der Waals surface area contributed by atoms with Crippen molar-refractivity contribution in [3.8, 4) is 0 Å². The number of ether oxygens (including phenoxy) is 1. The molecule has 3 heterocycles. The average molecular weight is 479 g/mol. The zero-order valence-corrected chi connectivity index (χ0v) is 19.2. The minimum absolute atomic E-state index is 0.238. The Morgan fingerprint density at radius 1 is 1.33 bits per heavy atom. The van der Waals surface area contributed by atoms with Gasteiger partial charge in [0.2, 0.25) is 0 Å². The summed E-state index contributed by atoms with van der Waals surface area (Å²) in [5.74, 6) is -0.466. The number of hydrogen-bond donors (Lipinski definition) is 0. The molecule has 3 aromatic rings. The number of aromatic nitrogens is 1. The normalized spacial score (nSPS) is 16.4. The van der Waals surface area contributed by atoms with Gasteiger partial charge < -0.3 is 4.74 Å². The van der Waals surface area contributed by atoms with Crippen LogP contribution in [0.3, 0.4) is 0 Å². The van der Waals surface area contributed by atoms with Crippen molar-refractivity contribution in [2.45, 2.75) is 19.9 Å². The summed E-state index contributed by atoms with van der Waals surface area (Å²) < 4.78 is 7.29. The summed E-state index contributed by atoms with van der Waals surface area (Å²) in [6.45, 7) is 3.76. The molecule has 0 fully saturated rings. The Labute approximate surface area is 190 Å². The number of hydrogen-bond acceptors (Lipinski definition) is 6. The Morgan fingerprint density at radius 3 is 2.80 bits per heavy atom. The molecule has 0 saturated carbocycles. The molecule has 1 aliphatic heterocycles. The number of carbonyl (C=O) groups excluding carboxylic acids is 1. The number of fused-ring (bicyclic) bond motifs is 1. The van der Waals surface area contributed by atoms with Crippen LogP contribution in [0.1, 0.15) is 30.3 Å². The summed E-state index contributed by atoms with van der Waals surface area (Å²) in [5.41, 5.74) is 1.37. The van der Waals surface area contributed by atoms with Gasteiger partial charge in [0.25, 0.3) is 5.56 Å². The van der Waals surface area contributed by atoms with Crippen LogP contribution in [-0.4, -0.2) is 17.1 Å². The molecule has 0 unspecified atom stereocenters. The van der Waals surface area contributed by atoms with Gasteiger partial charge in [-0.05, 0) is 49.1 Å². The second-order valence-corrected chi connectivity index (χ2v) is 9.32. The van der Waals surface area contributed by atoms with Crippen LogP contribution in [0.25, 0.3) is 6.08 Å². The predicted octanol–water partition coefficient (Wildman–Crippen LogP) is 4.17. The lowest BCUT2D eigenvalue weighted by atomic mass is 10.0. The van der Waals surface area contributed by atoms with Gasteiger partial charge in [-0.15, -0.1) is 11.3 Å². The summed E-state index contributed by atoms with van der Waals surface area (Å²) >= 11 is 15.0. The second kappa shape index (κ2) is 8.51. The molecular formula is C21H16Cl2N2O3S2. The fraction of sp³-hybridized carbons (Fsp3) is 0.190. The van der Waals surface area contributed by atoms with Crippen LogP contribution >= 0.6 is 45.9 Å². The van der Waals surface area contributed by atoms with Crippen LogP contribution in [0.2, 0.25) is 10.0 Å². The molecule has 4 rings (SSSR count). The van der Waals surface area contributed by atoms with Crippen molar-refractivity contribution >= 4 is 57.9 Å². The third kappa shape index (κ3) is 3.78. The molecule has 1 aromatic carbocycles. The van der Waals surface area contributed by atoms with Crippen molar-refractivity contribution < 1.29 is 9.53 Å². The van der Waals surface area contributed by atoms with Crippen LogP contribution in [0.5, 0.6) is 0 Å². The van der Waals surface area contributed by atoms with Crippen molar-refractivity contribution in [2.75, 3.05) is 6.61 Å². The molecule has 154 valence electrons. The maximum Gasteiger partial charge on any atom is 0.338 e. The van der Waals surface area contributed by atoms with E-state index in [0.717, 1.165) is 4.88 Å². The van der Waals surface area contributed by atoms with Gasteiger partial charge in [0.1, 0.15) is 6.04 Å². The monoisotopic (exact) mass is 478 g/mol. The first-order valence-electron chi connectivity index (χ1n) is 9.08. The highest BCUT2D eigenvalue weighted by molar-refractivity contribution is 7.10. The van der Waals surface area contributed by atoms with E-state index in [-0.39, 0.29) is 12.2 Å². The third-order valence-electron chi connectivity index (χ3n) is 4.58. The van der Waals surface area contributed by atoms with Crippen molar-refractivity contribution in [2.24, 2.45) is 4.99 Å². The fourth-order valence-corrected chi connectivity index (χ4v) is 5.59. The van der Waals surface area contributed by atoms with Crippen molar-refractivity contribution in [1.29, 1.82) is 0 Å². The number of carbonyl (C=O) groups is 1. The van der Waals surface area contributed by atoms with E-state index < -0.39 is 12.0 Å². The molecule has 5 nitrogen and oxygen atoms in total. The number of thiophene rings is 1. The topological polar surface area (TPSA) is 60.7 Å². The van der Waals surface area contributed by atoms with Gasteiger partial charge in [-0.1, -0.05) is 46.7 Å². The maximum absolute atomic E-state index is 13.4. The first-order valence-corrected chi connectivity index (χ1v) is 11.5. The van der Waals surface area contributed by atoms with Gasteiger partial charge >= 0.3 is 5.97 Å². The van der Waals surface area contributed by atoms with E-state index in [2.05, 4.69) is 4.99 Å². The van der Waals surface area contributed by atoms with Gasteiger partial charge in [-0.3, -0.25) is 9.36 Å². The zero-order chi connectivity index (χ0) is 21.4. The van der Waals surface area contributed by atoms with Crippen LogP contribution < -0.4 is 14.9 Å². The molecule has 0 spiro atoms. The molecule has 2 aromatic heterocycles.